The monoisotopic (exact) mass is 480 g/mol. The van der Waals surface area contributed by atoms with Crippen molar-refractivity contribution in [3.63, 3.8) is 0 Å². The highest BCUT2D eigenvalue weighted by atomic mass is 32.2. The van der Waals surface area contributed by atoms with E-state index in [0.717, 1.165) is 10.6 Å². The molecule has 1 aromatic carbocycles. The van der Waals surface area contributed by atoms with Gasteiger partial charge in [-0.3, -0.25) is 9.48 Å². The number of benzene rings is 1. The molecule has 0 radical (unpaired) electrons. The van der Waals surface area contributed by atoms with E-state index in [4.69, 9.17) is 4.42 Å². The van der Waals surface area contributed by atoms with Crippen molar-refractivity contribution in [3.05, 3.63) is 59.8 Å². The standard InChI is InChI=1S/C20H24N4O6S2/c1-14-20(32(28,29)23(3)12-17-6-5-11-30-17)15(2)24(22-14)13-19(25)21-16-7-9-18(10-8-16)31(4,26)27/h5-11H,12-13H2,1-4H3,(H,21,25). The topological polar surface area (TPSA) is 132 Å². The molecule has 2 aromatic heterocycles. The van der Waals surface area contributed by atoms with Gasteiger partial charge in [0, 0.05) is 19.0 Å². The molecule has 3 aromatic rings. The first kappa shape index (κ1) is 23.7. The molecule has 32 heavy (non-hydrogen) atoms. The van der Waals surface area contributed by atoms with Crippen molar-refractivity contribution >= 4 is 31.5 Å². The molecule has 2 heterocycles. The van der Waals surface area contributed by atoms with Crippen LogP contribution >= 0.6 is 0 Å². The van der Waals surface area contributed by atoms with Crippen molar-refractivity contribution in [2.24, 2.45) is 0 Å². The average molecular weight is 481 g/mol. The lowest BCUT2D eigenvalue weighted by Gasteiger charge is -2.16. The molecule has 0 aliphatic heterocycles. The number of nitrogens with one attached hydrogen (secondary N) is 1. The summed E-state index contributed by atoms with van der Waals surface area (Å²) in [6.07, 6.45) is 2.57. The number of anilines is 1. The maximum atomic E-state index is 13.1. The number of nitrogens with zero attached hydrogens (tertiary/aromatic N) is 3. The van der Waals surface area contributed by atoms with Gasteiger partial charge in [0.15, 0.2) is 9.84 Å². The second-order valence-electron chi connectivity index (χ2n) is 7.34. The average Bonchev–Trinajstić information content (AvgIpc) is 3.29. The maximum absolute atomic E-state index is 13.1. The van der Waals surface area contributed by atoms with E-state index in [9.17, 15) is 21.6 Å². The number of aromatic nitrogens is 2. The Balaban J connectivity index is 1.76. The number of amides is 1. The van der Waals surface area contributed by atoms with E-state index in [0.29, 0.717) is 17.1 Å². The summed E-state index contributed by atoms with van der Waals surface area (Å²) in [5.74, 6) is 0.0654. The second-order valence-corrected chi connectivity index (χ2v) is 11.3. The van der Waals surface area contributed by atoms with Crippen LogP contribution in [0, 0.1) is 13.8 Å². The number of sulfone groups is 1. The van der Waals surface area contributed by atoms with Gasteiger partial charge < -0.3 is 9.73 Å². The molecule has 10 nitrogen and oxygen atoms in total. The lowest BCUT2D eigenvalue weighted by Crippen LogP contribution is -2.27. The third-order valence-corrected chi connectivity index (χ3v) is 7.99. The van der Waals surface area contributed by atoms with Crippen LogP contribution in [-0.4, -0.2) is 50.1 Å². The minimum atomic E-state index is -3.87. The fraction of sp³-hybridized carbons (Fsp3) is 0.300. The Labute approximate surface area is 186 Å². The van der Waals surface area contributed by atoms with E-state index in [1.165, 1.54) is 42.3 Å². The number of carbonyl (C=O) groups is 1. The van der Waals surface area contributed by atoms with Gasteiger partial charge in [-0.25, -0.2) is 16.8 Å². The van der Waals surface area contributed by atoms with Crippen molar-refractivity contribution in [1.29, 1.82) is 0 Å². The van der Waals surface area contributed by atoms with E-state index in [1.54, 1.807) is 26.0 Å². The molecule has 0 saturated heterocycles. The van der Waals surface area contributed by atoms with Crippen LogP contribution in [0.5, 0.6) is 0 Å². The van der Waals surface area contributed by atoms with Crippen LogP contribution in [0.2, 0.25) is 0 Å². The largest absolute Gasteiger partial charge is 0.468 e. The SMILES string of the molecule is Cc1nn(CC(=O)Nc2ccc(S(C)(=O)=O)cc2)c(C)c1S(=O)(=O)N(C)Cc1ccco1. The smallest absolute Gasteiger partial charge is 0.246 e. The summed E-state index contributed by atoms with van der Waals surface area (Å²) >= 11 is 0. The highest BCUT2D eigenvalue weighted by Gasteiger charge is 2.29. The fourth-order valence-electron chi connectivity index (χ4n) is 3.19. The molecule has 0 aliphatic rings. The number of aryl methyl sites for hydroxylation is 1. The molecule has 1 amide bonds. The van der Waals surface area contributed by atoms with Crippen LogP contribution in [0.25, 0.3) is 0 Å². The van der Waals surface area contributed by atoms with Crippen LogP contribution in [0.4, 0.5) is 5.69 Å². The van der Waals surface area contributed by atoms with E-state index < -0.39 is 25.8 Å². The first-order chi connectivity index (χ1) is 14.9. The quantitative estimate of drug-likeness (QED) is 0.521. The number of hydrogen-bond donors (Lipinski definition) is 1. The van der Waals surface area contributed by atoms with Gasteiger partial charge in [-0.2, -0.15) is 9.40 Å². The van der Waals surface area contributed by atoms with E-state index in [1.807, 2.05) is 0 Å². The van der Waals surface area contributed by atoms with Gasteiger partial charge in [0.1, 0.15) is 17.2 Å². The van der Waals surface area contributed by atoms with Crippen molar-refractivity contribution in [2.45, 2.75) is 36.7 Å². The highest BCUT2D eigenvalue weighted by Crippen LogP contribution is 2.24. The van der Waals surface area contributed by atoms with Crippen LogP contribution in [-0.2, 0) is 37.7 Å². The molecular formula is C20H24N4O6S2. The summed E-state index contributed by atoms with van der Waals surface area (Å²) in [7, 11) is -5.76. The minimum Gasteiger partial charge on any atom is -0.468 e. The third-order valence-electron chi connectivity index (χ3n) is 4.80. The lowest BCUT2D eigenvalue weighted by atomic mass is 10.3. The van der Waals surface area contributed by atoms with Crippen molar-refractivity contribution in [3.8, 4) is 0 Å². The number of rotatable bonds is 8. The highest BCUT2D eigenvalue weighted by molar-refractivity contribution is 7.90. The first-order valence-electron chi connectivity index (χ1n) is 9.52. The zero-order valence-corrected chi connectivity index (χ0v) is 19.7. The molecule has 0 fully saturated rings. The first-order valence-corrected chi connectivity index (χ1v) is 12.9. The number of sulfonamides is 1. The summed E-state index contributed by atoms with van der Waals surface area (Å²) in [5, 5.41) is 6.88. The molecule has 0 spiro atoms. The molecule has 0 atom stereocenters. The van der Waals surface area contributed by atoms with Gasteiger partial charge in [-0.1, -0.05) is 0 Å². The molecule has 0 aliphatic carbocycles. The lowest BCUT2D eigenvalue weighted by molar-refractivity contribution is -0.116. The van der Waals surface area contributed by atoms with E-state index >= 15 is 0 Å². The molecule has 0 saturated carbocycles. The van der Waals surface area contributed by atoms with E-state index in [2.05, 4.69) is 10.4 Å². The second kappa shape index (κ2) is 8.88. The zero-order valence-electron chi connectivity index (χ0n) is 18.1. The predicted octanol–water partition coefficient (Wildman–Crippen LogP) is 1.96. The summed E-state index contributed by atoms with van der Waals surface area (Å²) in [5.41, 5.74) is 1.02. The Morgan fingerprint density at radius 2 is 1.78 bits per heavy atom. The summed E-state index contributed by atoms with van der Waals surface area (Å²) in [4.78, 5) is 12.6. The van der Waals surface area contributed by atoms with Crippen LogP contribution in [0.15, 0.2) is 56.9 Å². The van der Waals surface area contributed by atoms with Crippen LogP contribution in [0.3, 0.4) is 0 Å². The summed E-state index contributed by atoms with van der Waals surface area (Å²) in [6, 6.07) is 9.12. The number of furan rings is 1. The Bertz CT molecular complexity index is 1330. The van der Waals surface area contributed by atoms with Crippen LogP contribution in [0.1, 0.15) is 17.1 Å². The molecule has 12 heteroatoms. The van der Waals surface area contributed by atoms with Gasteiger partial charge in [0.05, 0.1) is 29.1 Å². The molecule has 3 rings (SSSR count). The Hall–Kier alpha value is -2.96. The fourth-order valence-corrected chi connectivity index (χ4v) is 5.32. The third kappa shape index (κ3) is 5.09. The maximum Gasteiger partial charge on any atom is 0.246 e. The Morgan fingerprint density at radius 1 is 1.12 bits per heavy atom. The normalized spacial score (nSPS) is 12.3. The Morgan fingerprint density at radius 3 is 2.34 bits per heavy atom. The number of carbonyl (C=O) groups excluding carboxylic acids is 1. The predicted molar refractivity (Wildman–Crippen MR) is 117 cm³/mol. The summed E-state index contributed by atoms with van der Waals surface area (Å²) in [6.45, 7) is 3.00. The molecular weight excluding hydrogens is 456 g/mol. The molecule has 0 unspecified atom stereocenters. The van der Waals surface area contributed by atoms with Gasteiger partial charge in [0.2, 0.25) is 15.9 Å². The minimum absolute atomic E-state index is 0.0388. The van der Waals surface area contributed by atoms with Crippen LogP contribution < -0.4 is 5.32 Å². The van der Waals surface area contributed by atoms with Crippen molar-refractivity contribution < 1.29 is 26.0 Å². The molecule has 1 N–H and O–H groups in total. The Kier molecular flexibility index (Phi) is 6.58. The van der Waals surface area contributed by atoms with Gasteiger partial charge in [0.25, 0.3) is 0 Å². The van der Waals surface area contributed by atoms with Crippen molar-refractivity contribution in [1.82, 2.24) is 14.1 Å². The zero-order chi connectivity index (χ0) is 23.7. The summed E-state index contributed by atoms with van der Waals surface area (Å²) < 4.78 is 57.0. The van der Waals surface area contributed by atoms with Crippen molar-refractivity contribution in [2.75, 3.05) is 18.6 Å². The van der Waals surface area contributed by atoms with Gasteiger partial charge in [-0.15, -0.1) is 0 Å². The number of hydrogen-bond acceptors (Lipinski definition) is 7. The molecule has 0 bridgehead atoms. The van der Waals surface area contributed by atoms with Gasteiger partial charge >= 0.3 is 0 Å². The van der Waals surface area contributed by atoms with E-state index in [-0.39, 0.29) is 28.6 Å². The molecule has 172 valence electrons. The van der Waals surface area contributed by atoms with Gasteiger partial charge in [-0.05, 0) is 50.2 Å².